The van der Waals surface area contributed by atoms with E-state index in [4.69, 9.17) is 13.9 Å². The number of carbonyl (C=O) groups is 1. The third kappa shape index (κ3) is 2.99. The molecule has 2 heterocycles. The lowest BCUT2D eigenvalue weighted by Crippen LogP contribution is -2.04. The number of furan rings is 1. The van der Waals surface area contributed by atoms with E-state index in [0.29, 0.717) is 6.61 Å². The largest absolute Gasteiger partial charge is 0.487 e. The molecule has 1 aromatic carbocycles. The van der Waals surface area contributed by atoms with Crippen molar-refractivity contribution in [2.75, 3.05) is 7.11 Å². The van der Waals surface area contributed by atoms with Crippen LogP contribution in [0.3, 0.4) is 0 Å². The second kappa shape index (κ2) is 6.39. The van der Waals surface area contributed by atoms with E-state index in [1.807, 2.05) is 43.8 Å². The Hall–Kier alpha value is -2.76. The summed E-state index contributed by atoms with van der Waals surface area (Å²) in [4.78, 5) is 11.5. The number of methoxy groups -OCH3 is 1. The molecule has 6 nitrogen and oxygen atoms in total. The fourth-order valence-corrected chi connectivity index (χ4v) is 2.74. The minimum absolute atomic E-state index is 0.192. The average Bonchev–Trinajstić information content (AvgIpc) is 3.10. The predicted molar refractivity (Wildman–Crippen MR) is 88.9 cm³/mol. The van der Waals surface area contributed by atoms with Crippen molar-refractivity contribution in [1.29, 1.82) is 0 Å². The monoisotopic (exact) mass is 328 g/mol. The van der Waals surface area contributed by atoms with Gasteiger partial charge in [0.1, 0.15) is 17.9 Å². The molecule has 0 saturated carbocycles. The number of aryl methyl sites for hydroxylation is 3. The highest BCUT2D eigenvalue weighted by atomic mass is 16.5. The number of fused-ring (bicyclic) bond motifs is 1. The zero-order chi connectivity index (χ0) is 17.3. The van der Waals surface area contributed by atoms with Crippen LogP contribution in [0.1, 0.15) is 22.5 Å². The van der Waals surface area contributed by atoms with E-state index in [0.717, 1.165) is 39.2 Å². The fourth-order valence-electron chi connectivity index (χ4n) is 2.74. The summed E-state index contributed by atoms with van der Waals surface area (Å²) < 4.78 is 18.1. The molecule has 126 valence electrons. The van der Waals surface area contributed by atoms with Crippen LogP contribution in [0.15, 0.2) is 28.9 Å². The lowest BCUT2D eigenvalue weighted by Gasteiger charge is -2.09. The summed E-state index contributed by atoms with van der Waals surface area (Å²) in [6.07, 6.45) is 1.79. The summed E-state index contributed by atoms with van der Waals surface area (Å²) >= 11 is 0. The van der Waals surface area contributed by atoms with Crippen molar-refractivity contribution < 1.29 is 18.7 Å². The van der Waals surface area contributed by atoms with E-state index in [1.54, 1.807) is 6.26 Å². The van der Waals surface area contributed by atoms with Gasteiger partial charge in [-0.2, -0.15) is 5.10 Å². The quantitative estimate of drug-likeness (QED) is 0.673. The maximum absolute atomic E-state index is 11.5. The average molecular weight is 328 g/mol. The van der Waals surface area contributed by atoms with Gasteiger partial charge in [0.25, 0.3) is 0 Å². The van der Waals surface area contributed by atoms with Crippen molar-refractivity contribution in [3.8, 4) is 5.75 Å². The lowest BCUT2D eigenvalue weighted by molar-refractivity contribution is -0.139. The van der Waals surface area contributed by atoms with E-state index >= 15 is 0 Å². The number of rotatable bonds is 5. The summed E-state index contributed by atoms with van der Waals surface area (Å²) in [5.41, 5.74) is 4.41. The number of nitrogens with zero attached hydrogens (tertiary/aromatic N) is 2. The molecule has 0 bridgehead atoms. The first-order chi connectivity index (χ1) is 11.5. The smallest absolute Gasteiger partial charge is 0.310 e. The third-order valence-electron chi connectivity index (χ3n) is 4.06. The van der Waals surface area contributed by atoms with Crippen LogP contribution in [-0.2, 0) is 29.6 Å². The molecule has 24 heavy (non-hydrogen) atoms. The van der Waals surface area contributed by atoms with Gasteiger partial charge in [-0.3, -0.25) is 9.48 Å². The molecule has 0 aliphatic carbocycles. The molecule has 0 unspecified atom stereocenters. The molecule has 6 heteroatoms. The van der Waals surface area contributed by atoms with Crippen LogP contribution < -0.4 is 4.74 Å². The number of carbonyl (C=O) groups excluding carboxylic acids is 1. The molecule has 0 radical (unpaired) electrons. The molecule has 0 aliphatic heterocycles. The zero-order valence-electron chi connectivity index (χ0n) is 14.3. The molecular weight excluding hydrogens is 308 g/mol. The zero-order valence-corrected chi connectivity index (χ0v) is 14.3. The molecule has 0 fully saturated rings. The minimum Gasteiger partial charge on any atom is -0.487 e. The van der Waals surface area contributed by atoms with Gasteiger partial charge in [0.05, 0.1) is 31.2 Å². The van der Waals surface area contributed by atoms with Gasteiger partial charge >= 0.3 is 5.97 Å². The van der Waals surface area contributed by atoms with E-state index in [-0.39, 0.29) is 12.4 Å². The van der Waals surface area contributed by atoms with Crippen molar-refractivity contribution in [3.63, 3.8) is 0 Å². The minimum atomic E-state index is -0.290. The number of ether oxygens (including phenoxy) is 2. The third-order valence-corrected chi connectivity index (χ3v) is 4.06. The summed E-state index contributed by atoms with van der Waals surface area (Å²) in [6, 6.07) is 5.81. The summed E-state index contributed by atoms with van der Waals surface area (Å²) in [6.45, 7) is 4.32. The predicted octanol–water partition coefficient (Wildman–Crippen LogP) is 3.08. The van der Waals surface area contributed by atoms with Gasteiger partial charge in [-0.05, 0) is 32.0 Å². The molecule has 3 aromatic rings. The summed E-state index contributed by atoms with van der Waals surface area (Å²) in [5.74, 6) is 0.461. The first-order valence-corrected chi connectivity index (χ1v) is 7.68. The molecule has 0 spiro atoms. The van der Waals surface area contributed by atoms with Gasteiger partial charge in [0.15, 0.2) is 0 Å². The molecule has 0 saturated heterocycles. The van der Waals surface area contributed by atoms with Crippen LogP contribution in [0, 0.1) is 13.8 Å². The number of esters is 1. The van der Waals surface area contributed by atoms with Crippen molar-refractivity contribution in [1.82, 2.24) is 9.78 Å². The Balaban J connectivity index is 1.84. The van der Waals surface area contributed by atoms with E-state index in [2.05, 4.69) is 5.10 Å². The van der Waals surface area contributed by atoms with Gasteiger partial charge in [0, 0.05) is 23.6 Å². The fraction of sp³-hybridized carbons (Fsp3) is 0.333. The maximum atomic E-state index is 11.5. The van der Waals surface area contributed by atoms with Gasteiger partial charge in [-0.15, -0.1) is 0 Å². The highest BCUT2D eigenvalue weighted by Crippen LogP contribution is 2.31. The second-order valence-corrected chi connectivity index (χ2v) is 5.77. The lowest BCUT2D eigenvalue weighted by atomic mass is 10.1. The number of hydrogen-bond acceptors (Lipinski definition) is 5. The Bertz CT molecular complexity index is 892. The van der Waals surface area contributed by atoms with Gasteiger partial charge in [0.2, 0.25) is 0 Å². The van der Waals surface area contributed by atoms with E-state index < -0.39 is 0 Å². The Morgan fingerprint density at radius 1 is 1.33 bits per heavy atom. The Morgan fingerprint density at radius 2 is 2.12 bits per heavy atom. The van der Waals surface area contributed by atoms with Crippen LogP contribution in [0.25, 0.3) is 11.0 Å². The van der Waals surface area contributed by atoms with Gasteiger partial charge in [-0.1, -0.05) is 0 Å². The van der Waals surface area contributed by atoms with E-state index in [9.17, 15) is 4.79 Å². The van der Waals surface area contributed by atoms with Crippen molar-refractivity contribution in [2.45, 2.75) is 26.9 Å². The molecular formula is C18H20N2O4. The van der Waals surface area contributed by atoms with Crippen molar-refractivity contribution in [2.24, 2.45) is 7.05 Å². The Kier molecular flexibility index (Phi) is 4.29. The van der Waals surface area contributed by atoms with Crippen LogP contribution in [0.4, 0.5) is 0 Å². The molecule has 3 rings (SSSR count). The highest BCUT2D eigenvalue weighted by Gasteiger charge is 2.15. The standard InChI is InChI=1S/C18H20N2O4/c1-11-7-14(20(3)19-11)10-23-16-6-5-15-13(8-17(21)22-4)9-24-18(15)12(16)2/h5-7,9H,8,10H2,1-4H3. The van der Waals surface area contributed by atoms with Crippen molar-refractivity contribution in [3.05, 3.63) is 47.0 Å². The second-order valence-electron chi connectivity index (χ2n) is 5.77. The van der Waals surface area contributed by atoms with Crippen LogP contribution >= 0.6 is 0 Å². The van der Waals surface area contributed by atoms with Gasteiger partial charge < -0.3 is 13.9 Å². The van der Waals surface area contributed by atoms with E-state index in [1.165, 1.54) is 7.11 Å². The highest BCUT2D eigenvalue weighted by molar-refractivity contribution is 5.88. The summed E-state index contributed by atoms with van der Waals surface area (Å²) in [5, 5.41) is 5.21. The Morgan fingerprint density at radius 3 is 2.79 bits per heavy atom. The Labute approximate surface area is 140 Å². The number of hydrogen-bond donors (Lipinski definition) is 0. The SMILES string of the molecule is COC(=O)Cc1coc2c(C)c(OCc3cc(C)nn3C)ccc12. The first kappa shape index (κ1) is 16.1. The molecule has 0 N–H and O–H groups in total. The van der Waals surface area contributed by atoms with Gasteiger partial charge in [-0.25, -0.2) is 0 Å². The van der Waals surface area contributed by atoms with Crippen LogP contribution in [0.5, 0.6) is 5.75 Å². The molecule has 0 atom stereocenters. The van der Waals surface area contributed by atoms with Crippen LogP contribution in [0.2, 0.25) is 0 Å². The normalized spacial score (nSPS) is 11.0. The molecule has 2 aromatic heterocycles. The topological polar surface area (TPSA) is 66.5 Å². The maximum Gasteiger partial charge on any atom is 0.310 e. The van der Waals surface area contributed by atoms with Crippen molar-refractivity contribution >= 4 is 16.9 Å². The molecule has 0 aliphatic rings. The van der Waals surface area contributed by atoms with Crippen LogP contribution in [-0.4, -0.2) is 22.9 Å². The molecule has 0 amide bonds. The summed E-state index contributed by atoms with van der Waals surface area (Å²) in [7, 11) is 3.27. The number of benzene rings is 1. The number of aromatic nitrogens is 2. The first-order valence-electron chi connectivity index (χ1n) is 7.68.